The van der Waals surface area contributed by atoms with Crippen LogP contribution in [0, 0.1) is 23.7 Å². The van der Waals surface area contributed by atoms with E-state index in [2.05, 4.69) is 57.8 Å². The van der Waals surface area contributed by atoms with Gasteiger partial charge in [-0.1, -0.05) is 55.4 Å². The molecular weight excluding hydrogens is 1060 g/mol. The van der Waals surface area contributed by atoms with Crippen molar-refractivity contribution in [2.24, 2.45) is 62.3 Å². The zero-order chi connectivity index (χ0) is 62.6. The molecule has 0 radical (unpaired) electrons. The standard InChI is InChI=1S/C50H94N16O15/c1-22(2)18-31(41(73)62-34(21-67)43(75)63-35(25(7)8)44(76)66-38(28(11)70)45(77)58-30(48(80)81)15-13-17-57-50(54)55)59-40(72)32(19-23(3)4)60-47(79)37(27(10)69)65-42(74)33(20-24(5)6)61-46(78)36(26(9)68)64-39(71)29(51)14-12-16-56-49(52)53/h22-38,67-70H,12-21,51H2,1-11H3,(H,58,77)(H,59,72)(H,60,79)(H,61,78)(H,62,73)(H,63,75)(H,64,71)(H,65,74)(H,66,76)(H,80,81)(H4,52,53,56)(H4,54,55,57)/t26-,27-,28-,29+,30+,31+,32+,33+,34+,35+,36+,37+,38+/m1/s1. The van der Waals surface area contributed by atoms with Gasteiger partial charge in [0, 0.05) is 13.1 Å². The lowest BCUT2D eigenvalue weighted by atomic mass is 9.99. The van der Waals surface area contributed by atoms with Crippen LogP contribution >= 0.6 is 0 Å². The minimum absolute atomic E-state index is 0.0191. The average Bonchev–Trinajstić information content (AvgIpc) is 3.34. The third-order valence-electron chi connectivity index (χ3n) is 12.1. The van der Waals surface area contributed by atoms with Gasteiger partial charge in [-0.2, -0.15) is 0 Å². The van der Waals surface area contributed by atoms with Crippen LogP contribution < -0.4 is 76.5 Å². The van der Waals surface area contributed by atoms with Crippen LogP contribution in [0.1, 0.15) is 121 Å². The Morgan fingerprint density at radius 2 is 0.679 bits per heavy atom. The molecule has 31 heteroatoms. The van der Waals surface area contributed by atoms with Crippen LogP contribution in [0.5, 0.6) is 0 Å². The number of carboxylic acids is 1. The van der Waals surface area contributed by atoms with Crippen molar-refractivity contribution in [2.45, 2.75) is 200 Å². The van der Waals surface area contributed by atoms with Gasteiger partial charge < -0.3 is 102 Å². The summed E-state index contributed by atoms with van der Waals surface area (Å²) in [6.45, 7) is 16.2. The van der Waals surface area contributed by atoms with Gasteiger partial charge in [-0.25, -0.2) is 4.79 Å². The fraction of sp³-hybridized carbons (Fsp3) is 0.760. The molecule has 31 nitrogen and oxygen atoms in total. The molecule has 0 unspecified atom stereocenters. The Morgan fingerprint density at radius 3 is 1.01 bits per heavy atom. The lowest BCUT2D eigenvalue weighted by Gasteiger charge is -2.30. The quantitative estimate of drug-likeness (QED) is 0.0155. The van der Waals surface area contributed by atoms with Crippen molar-refractivity contribution >= 4 is 71.1 Å². The molecule has 81 heavy (non-hydrogen) atoms. The predicted octanol–water partition coefficient (Wildman–Crippen LogP) is -6.20. The summed E-state index contributed by atoms with van der Waals surface area (Å²) in [5, 5.41) is 73.6. The highest BCUT2D eigenvalue weighted by molar-refractivity contribution is 5.99. The molecule has 0 aliphatic heterocycles. The zero-order valence-electron chi connectivity index (χ0n) is 48.5. The summed E-state index contributed by atoms with van der Waals surface area (Å²) in [6.07, 6.45) is -4.26. The maximum atomic E-state index is 14.1. The molecule has 0 rings (SSSR count). The number of nitrogens with two attached hydrogens (primary N) is 5. The number of nitrogens with zero attached hydrogens (tertiary/aromatic N) is 2. The number of nitrogens with one attached hydrogen (secondary N) is 9. The van der Waals surface area contributed by atoms with E-state index in [-0.39, 0.29) is 81.3 Å². The number of rotatable bonds is 38. The summed E-state index contributed by atoms with van der Waals surface area (Å²) in [6, 6.07) is -15.0. The van der Waals surface area contributed by atoms with E-state index in [0.29, 0.717) is 6.42 Å². The van der Waals surface area contributed by atoms with Crippen LogP contribution in [0.15, 0.2) is 9.98 Å². The van der Waals surface area contributed by atoms with Crippen LogP contribution in [-0.4, -0.2) is 195 Å². The number of hydrogen-bond acceptors (Lipinski definition) is 17. The highest BCUT2D eigenvalue weighted by Crippen LogP contribution is 2.13. The predicted molar refractivity (Wildman–Crippen MR) is 298 cm³/mol. The molecule has 0 heterocycles. The van der Waals surface area contributed by atoms with Gasteiger partial charge in [0.1, 0.15) is 54.4 Å². The van der Waals surface area contributed by atoms with Crippen LogP contribution in [0.4, 0.5) is 0 Å². The largest absolute Gasteiger partial charge is 0.480 e. The first-order valence-electron chi connectivity index (χ1n) is 27.0. The summed E-state index contributed by atoms with van der Waals surface area (Å²) in [7, 11) is 0. The molecule has 464 valence electrons. The first-order chi connectivity index (χ1) is 37.5. The third-order valence-corrected chi connectivity index (χ3v) is 12.1. The van der Waals surface area contributed by atoms with Crippen molar-refractivity contribution < 1.29 is 73.5 Å². The van der Waals surface area contributed by atoms with Gasteiger partial charge in [0.15, 0.2) is 11.9 Å². The zero-order valence-corrected chi connectivity index (χ0v) is 48.5. The summed E-state index contributed by atoms with van der Waals surface area (Å²) in [5.41, 5.74) is 27.2. The number of aliphatic hydroxyl groups excluding tert-OH is 4. The first kappa shape index (κ1) is 74.0. The molecule has 24 N–H and O–H groups in total. The summed E-state index contributed by atoms with van der Waals surface area (Å²) in [4.78, 5) is 142. The van der Waals surface area contributed by atoms with Crippen LogP contribution in [0.25, 0.3) is 0 Å². The Hall–Kier alpha value is -6.96. The van der Waals surface area contributed by atoms with E-state index < -0.39 is 150 Å². The smallest absolute Gasteiger partial charge is 0.326 e. The van der Waals surface area contributed by atoms with Gasteiger partial charge in [0.2, 0.25) is 53.2 Å². The molecule has 0 aromatic heterocycles. The Labute approximate surface area is 473 Å². The van der Waals surface area contributed by atoms with Gasteiger partial charge in [0.05, 0.1) is 31.0 Å². The van der Waals surface area contributed by atoms with Gasteiger partial charge >= 0.3 is 5.97 Å². The number of carbonyl (C=O) groups is 10. The van der Waals surface area contributed by atoms with Gasteiger partial charge in [-0.3, -0.25) is 53.1 Å². The third kappa shape index (κ3) is 28.8. The fourth-order valence-corrected chi connectivity index (χ4v) is 7.81. The maximum Gasteiger partial charge on any atom is 0.326 e. The number of carbonyl (C=O) groups excluding carboxylic acids is 9. The molecule has 0 fully saturated rings. The van der Waals surface area contributed by atoms with Gasteiger partial charge in [-0.15, -0.1) is 0 Å². The van der Waals surface area contributed by atoms with Crippen molar-refractivity contribution in [1.82, 2.24) is 47.9 Å². The van der Waals surface area contributed by atoms with Crippen molar-refractivity contribution in [1.29, 1.82) is 0 Å². The molecule has 0 saturated carbocycles. The number of amides is 9. The van der Waals surface area contributed by atoms with E-state index >= 15 is 0 Å². The van der Waals surface area contributed by atoms with Crippen molar-refractivity contribution in [2.75, 3.05) is 19.7 Å². The van der Waals surface area contributed by atoms with Crippen molar-refractivity contribution in [3.05, 3.63) is 0 Å². The second kappa shape index (κ2) is 37.1. The molecule has 0 spiro atoms. The summed E-state index contributed by atoms with van der Waals surface area (Å²) in [5.74, 6) is -12.0. The maximum absolute atomic E-state index is 14.1. The Kier molecular flexibility index (Phi) is 33.9. The Morgan fingerprint density at radius 1 is 0.395 bits per heavy atom. The topological polar surface area (TPSA) is 535 Å². The lowest BCUT2D eigenvalue weighted by Crippen LogP contribution is -2.63. The van der Waals surface area contributed by atoms with Crippen LogP contribution in [0.2, 0.25) is 0 Å². The number of aliphatic imine (C=N–C) groups is 2. The second-order valence-electron chi connectivity index (χ2n) is 21.6. The number of hydrogen-bond donors (Lipinski definition) is 19. The Bertz CT molecular complexity index is 2130. The van der Waals surface area contributed by atoms with E-state index in [1.807, 2.05) is 0 Å². The molecule has 0 aromatic rings. The number of guanidine groups is 2. The number of carboxylic acid groups (broad SMARTS) is 1. The van der Waals surface area contributed by atoms with Crippen LogP contribution in [-0.2, 0) is 47.9 Å². The monoisotopic (exact) mass is 1160 g/mol. The molecule has 0 saturated heterocycles. The second-order valence-corrected chi connectivity index (χ2v) is 21.6. The summed E-state index contributed by atoms with van der Waals surface area (Å²) >= 11 is 0. The molecular formula is C50H94N16O15. The molecule has 0 bridgehead atoms. The average molecular weight is 1160 g/mol. The molecule has 9 amide bonds. The lowest BCUT2D eigenvalue weighted by molar-refractivity contribution is -0.143. The summed E-state index contributed by atoms with van der Waals surface area (Å²) < 4.78 is 0. The van der Waals surface area contributed by atoms with Crippen LogP contribution in [0.3, 0.4) is 0 Å². The fourth-order valence-electron chi connectivity index (χ4n) is 7.81. The first-order valence-corrected chi connectivity index (χ1v) is 27.0. The number of aliphatic hydroxyl groups is 4. The normalized spacial score (nSPS) is 16.2. The van der Waals surface area contributed by atoms with E-state index in [9.17, 15) is 73.5 Å². The van der Waals surface area contributed by atoms with E-state index in [0.717, 1.165) is 6.92 Å². The number of aliphatic carboxylic acids is 1. The Balaban J connectivity index is 6.41. The van der Waals surface area contributed by atoms with Gasteiger partial charge in [-0.05, 0) is 89.4 Å². The molecule has 0 aromatic carbocycles. The molecule has 0 aliphatic rings. The minimum atomic E-state index is -1.73. The van der Waals surface area contributed by atoms with E-state index in [1.54, 1.807) is 41.5 Å². The van der Waals surface area contributed by atoms with E-state index in [4.69, 9.17) is 28.7 Å². The highest BCUT2D eigenvalue weighted by atomic mass is 16.4. The minimum Gasteiger partial charge on any atom is -0.480 e. The van der Waals surface area contributed by atoms with Gasteiger partial charge in [0.25, 0.3) is 0 Å². The highest BCUT2D eigenvalue weighted by Gasteiger charge is 2.38. The molecule has 13 atom stereocenters. The van der Waals surface area contributed by atoms with E-state index in [1.165, 1.54) is 27.7 Å². The SMILES string of the molecule is CC(C)C[C@H](NC(=O)[C@H](CC(C)C)NC(=O)[C@@H](NC(=O)[C@H](CC(C)C)NC(=O)[C@@H](NC(=O)[C@@H](N)CCCN=C(N)N)[C@@H](C)O)[C@@H](C)O)C(=O)N[C@@H](CO)C(=O)N[C@H](C(=O)N[C@H](C(=O)N[C@@H](CCCN=C(N)N)C(=O)O)[C@@H](C)O)C(C)C. The van der Waals surface area contributed by atoms with Crippen molar-refractivity contribution in [3.8, 4) is 0 Å². The molecule has 0 aliphatic carbocycles. The van der Waals surface area contributed by atoms with Crippen molar-refractivity contribution in [3.63, 3.8) is 0 Å².